The normalized spacial score (nSPS) is 16.7. The molecule has 1 N–H and O–H groups in total. The van der Waals surface area contributed by atoms with E-state index in [9.17, 15) is 14.0 Å². The highest BCUT2D eigenvalue weighted by Crippen LogP contribution is 2.46. The molecule has 6 rings (SSSR count). The highest BCUT2D eigenvalue weighted by molar-refractivity contribution is 6.28. The van der Waals surface area contributed by atoms with E-state index in [2.05, 4.69) is 15.4 Å². The summed E-state index contributed by atoms with van der Waals surface area (Å²) in [5, 5.41) is 8.27. The average molecular weight is 486 g/mol. The number of benzene rings is 3. The summed E-state index contributed by atoms with van der Waals surface area (Å²) in [6.45, 7) is 3.33. The second-order valence-corrected chi connectivity index (χ2v) is 9.10. The van der Waals surface area contributed by atoms with Crippen LogP contribution in [0.2, 0.25) is 0 Å². The molecule has 1 aromatic heterocycles. The number of aromatic nitrogens is 1. The Balaban J connectivity index is 1.53. The number of nitrogens with one attached hydrogen (secondary N) is 1. The highest BCUT2D eigenvalue weighted by atomic mass is 19.1. The van der Waals surface area contributed by atoms with Gasteiger partial charge in [0.05, 0.1) is 34.8 Å². The molecule has 0 amide bonds. The first-order chi connectivity index (χ1) is 17.5. The van der Waals surface area contributed by atoms with Gasteiger partial charge >= 0.3 is 5.97 Å². The minimum absolute atomic E-state index is 0.153. The van der Waals surface area contributed by atoms with Crippen LogP contribution < -0.4 is 10.2 Å². The summed E-state index contributed by atoms with van der Waals surface area (Å²) < 4.78 is 25.1. The molecule has 36 heavy (non-hydrogen) atoms. The summed E-state index contributed by atoms with van der Waals surface area (Å²) in [5.74, 6) is -0.474. The average Bonchev–Trinajstić information content (AvgIpc) is 3.33. The lowest BCUT2D eigenvalue weighted by Crippen LogP contribution is -2.39. The van der Waals surface area contributed by atoms with Crippen LogP contribution in [0.25, 0.3) is 22.2 Å². The lowest BCUT2D eigenvalue weighted by molar-refractivity contribution is -0.148. The molecule has 1 aliphatic carbocycles. The summed E-state index contributed by atoms with van der Waals surface area (Å²) in [7, 11) is 0. The van der Waals surface area contributed by atoms with Gasteiger partial charge in [0.15, 0.2) is 11.5 Å². The van der Waals surface area contributed by atoms with Gasteiger partial charge in [-0.15, -0.1) is 0 Å². The van der Waals surface area contributed by atoms with Crippen LogP contribution in [0.1, 0.15) is 35.7 Å². The topological polar surface area (TPSA) is 84.7 Å². The van der Waals surface area contributed by atoms with Gasteiger partial charge in [0.25, 0.3) is 0 Å². The number of hydrogen-bond donors (Lipinski definition) is 1. The van der Waals surface area contributed by atoms with Crippen molar-refractivity contribution in [3.63, 3.8) is 0 Å². The Labute approximate surface area is 206 Å². The van der Waals surface area contributed by atoms with E-state index in [0.29, 0.717) is 57.9 Å². The van der Waals surface area contributed by atoms with E-state index in [1.54, 1.807) is 25.1 Å². The van der Waals surface area contributed by atoms with Crippen molar-refractivity contribution in [1.29, 1.82) is 0 Å². The zero-order chi connectivity index (χ0) is 24.8. The molecule has 0 spiro atoms. The third-order valence-corrected chi connectivity index (χ3v) is 6.86. The molecule has 1 fully saturated rings. The molecule has 0 saturated carbocycles. The molecule has 1 unspecified atom stereocenters. The third-order valence-electron chi connectivity index (χ3n) is 6.86. The quantitative estimate of drug-likeness (QED) is 0.320. The van der Waals surface area contributed by atoms with Gasteiger partial charge in [-0.3, -0.25) is 9.59 Å². The van der Waals surface area contributed by atoms with Crippen molar-refractivity contribution >= 4 is 39.7 Å². The summed E-state index contributed by atoms with van der Waals surface area (Å²) in [6, 6.07) is 15.2. The molecular formula is C28H24FN3O4. The Morgan fingerprint density at radius 3 is 2.83 bits per heavy atom. The summed E-state index contributed by atoms with van der Waals surface area (Å²) in [5.41, 5.74) is 4.02. The molecule has 3 aromatic carbocycles. The van der Waals surface area contributed by atoms with Crippen molar-refractivity contribution in [3.8, 4) is 11.3 Å². The van der Waals surface area contributed by atoms with E-state index in [4.69, 9.17) is 9.26 Å². The number of fused-ring (bicyclic) bond motifs is 2. The van der Waals surface area contributed by atoms with Gasteiger partial charge in [-0.1, -0.05) is 35.5 Å². The fraction of sp³-hybridized carbons (Fsp3) is 0.250. The fourth-order valence-corrected chi connectivity index (χ4v) is 5.25. The van der Waals surface area contributed by atoms with Crippen molar-refractivity contribution in [3.05, 3.63) is 71.5 Å². The second-order valence-electron chi connectivity index (χ2n) is 9.10. The van der Waals surface area contributed by atoms with Gasteiger partial charge in [0.2, 0.25) is 0 Å². The number of piperidine rings is 1. The number of halogens is 1. The van der Waals surface area contributed by atoms with E-state index in [1.165, 1.54) is 12.1 Å². The number of carbonyl (C=O) groups excluding carboxylic acids is 2. The molecule has 0 radical (unpaired) electrons. The predicted molar refractivity (Wildman–Crippen MR) is 134 cm³/mol. The SMILES string of the molecule is CCOC(=O)C1CCCN(c2cc(Nc3cccc(F)c3)c3c4c(onc24)-c2ccccc2C3=O)C1. The monoisotopic (exact) mass is 485 g/mol. The summed E-state index contributed by atoms with van der Waals surface area (Å²) in [6.07, 6.45) is 1.56. The zero-order valence-corrected chi connectivity index (χ0v) is 19.7. The number of hydrogen-bond acceptors (Lipinski definition) is 7. The van der Waals surface area contributed by atoms with Crippen molar-refractivity contribution in [2.75, 3.05) is 29.9 Å². The van der Waals surface area contributed by atoms with E-state index in [1.807, 2.05) is 24.3 Å². The molecule has 2 heterocycles. The van der Waals surface area contributed by atoms with Gasteiger partial charge in [-0.2, -0.15) is 0 Å². The molecular weight excluding hydrogens is 461 g/mol. The maximum atomic E-state index is 14.0. The number of ether oxygens (including phenoxy) is 1. The fourth-order valence-electron chi connectivity index (χ4n) is 5.25. The molecule has 1 aliphatic heterocycles. The molecule has 1 saturated heterocycles. The largest absolute Gasteiger partial charge is 0.466 e. The predicted octanol–water partition coefficient (Wildman–Crippen LogP) is 5.70. The maximum Gasteiger partial charge on any atom is 0.310 e. The molecule has 7 nitrogen and oxygen atoms in total. The second kappa shape index (κ2) is 8.78. The Morgan fingerprint density at radius 2 is 2.03 bits per heavy atom. The Hall–Kier alpha value is -4.20. The van der Waals surface area contributed by atoms with Gasteiger partial charge in [0, 0.05) is 29.9 Å². The van der Waals surface area contributed by atoms with E-state index in [-0.39, 0.29) is 23.5 Å². The Bertz CT molecular complexity index is 1510. The first-order valence-electron chi connectivity index (χ1n) is 12.1. The maximum absolute atomic E-state index is 14.0. The number of anilines is 3. The van der Waals surface area contributed by atoms with Gasteiger partial charge in [0.1, 0.15) is 11.3 Å². The minimum atomic E-state index is -0.384. The van der Waals surface area contributed by atoms with Crippen molar-refractivity contribution in [1.82, 2.24) is 5.16 Å². The lowest BCUT2D eigenvalue weighted by atomic mass is 9.86. The molecule has 2 aliphatic rings. The number of esters is 1. The Kier molecular flexibility index (Phi) is 5.44. The first-order valence-corrected chi connectivity index (χ1v) is 12.1. The third kappa shape index (κ3) is 3.61. The van der Waals surface area contributed by atoms with Crippen molar-refractivity contribution < 1.29 is 23.2 Å². The van der Waals surface area contributed by atoms with E-state index < -0.39 is 0 Å². The Morgan fingerprint density at radius 1 is 1.19 bits per heavy atom. The number of rotatable bonds is 5. The van der Waals surface area contributed by atoms with Gasteiger partial charge in [-0.25, -0.2) is 4.39 Å². The molecule has 0 bridgehead atoms. The van der Waals surface area contributed by atoms with Crippen LogP contribution in [0.3, 0.4) is 0 Å². The van der Waals surface area contributed by atoms with Crippen LogP contribution >= 0.6 is 0 Å². The smallest absolute Gasteiger partial charge is 0.310 e. The van der Waals surface area contributed by atoms with Gasteiger partial charge < -0.3 is 19.5 Å². The molecule has 182 valence electrons. The van der Waals surface area contributed by atoms with E-state index in [0.717, 1.165) is 25.1 Å². The summed E-state index contributed by atoms with van der Waals surface area (Å²) in [4.78, 5) is 28.3. The summed E-state index contributed by atoms with van der Waals surface area (Å²) >= 11 is 0. The van der Waals surface area contributed by atoms with Crippen LogP contribution in [-0.2, 0) is 9.53 Å². The van der Waals surface area contributed by atoms with Crippen molar-refractivity contribution in [2.45, 2.75) is 19.8 Å². The lowest BCUT2D eigenvalue weighted by Gasteiger charge is -2.34. The highest BCUT2D eigenvalue weighted by Gasteiger charge is 2.35. The zero-order valence-electron chi connectivity index (χ0n) is 19.7. The van der Waals surface area contributed by atoms with Gasteiger partial charge in [-0.05, 0) is 44.0 Å². The van der Waals surface area contributed by atoms with Crippen LogP contribution in [0.15, 0.2) is 59.1 Å². The molecule has 4 aromatic rings. The van der Waals surface area contributed by atoms with Crippen molar-refractivity contribution in [2.24, 2.45) is 5.92 Å². The number of ketones is 1. The molecule has 1 atom stereocenters. The molecule has 8 heteroatoms. The number of carbonyl (C=O) groups is 2. The van der Waals surface area contributed by atoms with Crippen LogP contribution in [0.4, 0.5) is 21.5 Å². The van der Waals surface area contributed by atoms with Crippen LogP contribution in [-0.4, -0.2) is 36.6 Å². The minimum Gasteiger partial charge on any atom is -0.466 e. The van der Waals surface area contributed by atoms with Crippen LogP contribution in [0, 0.1) is 11.7 Å². The van der Waals surface area contributed by atoms with Crippen LogP contribution in [0.5, 0.6) is 0 Å². The van der Waals surface area contributed by atoms with E-state index >= 15 is 0 Å². The standard InChI is InChI=1S/C28H24FN3O4/c1-2-35-28(34)16-7-6-12-32(15-16)22-14-21(30-18-9-5-8-17(29)13-18)23-24-25(22)31-36-27(24)20-11-4-3-10-19(20)26(23)33/h3-5,8-11,13-14,16,30H,2,6-7,12,15H2,1H3. The number of nitrogens with zero attached hydrogens (tertiary/aromatic N) is 2. The first kappa shape index (κ1) is 22.3.